The molecule has 0 spiro atoms. The summed E-state index contributed by atoms with van der Waals surface area (Å²) >= 11 is 0. The fourth-order valence-electron chi connectivity index (χ4n) is 1.89. The van der Waals surface area contributed by atoms with Crippen molar-refractivity contribution in [2.75, 3.05) is 19.0 Å². The van der Waals surface area contributed by atoms with Crippen LogP contribution in [0.1, 0.15) is 27.8 Å². The van der Waals surface area contributed by atoms with Gasteiger partial charge in [-0.1, -0.05) is 17.3 Å². The van der Waals surface area contributed by atoms with Gasteiger partial charge in [0.15, 0.2) is 5.69 Å². The number of carbonyl (C=O) groups excluding carboxylic acids is 3. The Morgan fingerprint density at radius 3 is 2.67 bits per heavy atom. The van der Waals surface area contributed by atoms with Crippen LogP contribution < -0.4 is 5.32 Å². The van der Waals surface area contributed by atoms with Crippen molar-refractivity contribution in [1.82, 2.24) is 15.0 Å². The molecule has 9 heteroatoms. The molecule has 0 unspecified atom stereocenters. The number of hydrogen-bond donors (Lipinski definition) is 1. The molecule has 9 nitrogen and oxygen atoms in total. The maximum atomic E-state index is 12.1. The number of carbonyl (C=O) groups is 3. The highest BCUT2D eigenvalue weighted by Crippen LogP contribution is 2.16. The third-order valence-electron chi connectivity index (χ3n) is 2.94. The van der Waals surface area contributed by atoms with Crippen LogP contribution >= 0.6 is 0 Å². The summed E-state index contributed by atoms with van der Waals surface area (Å²) in [5, 5.41) is 9.87. The zero-order chi connectivity index (χ0) is 17.5. The molecule has 24 heavy (non-hydrogen) atoms. The zero-order valence-corrected chi connectivity index (χ0v) is 13.2. The molecule has 0 atom stereocenters. The number of methoxy groups -OCH3 is 1. The quantitative estimate of drug-likeness (QED) is 0.781. The maximum absolute atomic E-state index is 12.1. The lowest BCUT2D eigenvalue weighted by Crippen LogP contribution is -2.21. The van der Waals surface area contributed by atoms with E-state index in [0.29, 0.717) is 5.69 Å². The molecule has 1 amide bonds. The Hall–Kier alpha value is -3.23. The largest absolute Gasteiger partial charge is 0.464 e. The molecule has 0 aliphatic carbocycles. The highest BCUT2D eigenvalue weighted by atomic mass is 16.5. The number of benzene rings is 1. The minimum Gasteiger partial charge on any atom is -0.464 e. The molecule has 0 saturated heterocycles. The van der Waals surface area contributed by atoms with E-state index in [9.17, 15) is 14.4 Å². The number of ether oxygens (including phenoxy) is 2. The van der Waals surface area contributed by atoms with E-state index in [-0.39, 0.29) is 24.4 Å². The Bertz CT molecular complexity index is 756. The van der Waals surface area contributed by atoms with E-state index in [1.807, 2.05) is 0 Å². The van der Waals surface area contributed by atoms with Gasteiger partial charge in [-0.05, 0) is 19.1 Å². The summed E-state index contributed by atoms with van der Waals surface area (Å²) < 4.78 is 10.6. The number of nitrogens with zero attached hydrogens (tertiary/aromatic N) is 3. The van der Waals surface area contributed by atoms with Crippen LogP contribution in [0, 0.1) is 0 Å². The molecule has 0 fully saturated rings. The van der Waals surface area contributed by atoms with Crippen molar-refractivity contribution in [3.8, 4) is 0 Å². The molecule has 0 aliphatic rings. The number of nitrogens with one attached hydrogen (secondary N) is 1. The van der Waals surface area contributed by atoms with Crippen molar-refractivity contribution in [2.45, 2.75) is 13.5 Å². The van der Waals surface area contributed by atoms with Gasteiger partial charge < -0.3 is 14.8 Å². The lowest BCUT2D eigenvalue weighted by atomic mass is 10.2. The van der Waals surface area contributed by atoms with E-state index in [1.165, 1.54) is 18.0 Å². The van der Waals surface area contributed by atoms with Gasteiger partial charge in [-0.2, -0.15) is 0 Å². The van der Waals surface area contributed by atoms with Crippen molar-refractivity contribution in [3.05, 3.63) is 41.7 Å². The van der Waals surface area contributed by atoms with Crippen molar-refractivity contribution < 1.29 is 23.9 Å². The summed E-state index contributed by atoms with van der Waals surface area (Å²) in [6.07, 6.45) is 1.29. The van der Waals surface area contributed by atoms with Gasteiger partial charge in [0.2, 0.25) is 5.91 Å². The highest BCUT2D eigenvalue weighted by molar-refractivity contribution is 6.01. The molecule has 1 N–H and O–H groups in total. The molecule has 2 rings (SSSR count). The first-order valence-corrected chi connectivity index (χ1v) is 7.09. The average molecular weight is 332 g/mol. The van der Waals surface area contributed by atoms with Crippen molar-refractivity contribution in [3.63, 3.8) is 0 Å². The van der Waals surface area contributed by atoms with Crippen LogP contribution in [-0.4, -0.2) is 46.6 Å². The van der Waals surface area contributed by atoms with Gasteiger partial charge in [0.05, 0.1) is 31.2 Å². The Kier molecular flexibility index (Phi) is 5.61. The Morgan fingerprint density at radius 2 is 1.96 bits per heavy atom. The van der Waals surface area contributed by atoms with Crippen LogP contribution in [0.2, 0.25) is 0 Å². The van der Waals surface area contributed by atoms with Crippen molar-refractivity contribution in [1.29, 1.82) is 0 Å². The number of anilines is 1. The SMILES string of the molecule is CCOC(=O)c1ccccc1NC(=O)Cn1cc(C(=O)OC)nn1. The fraction of sp³-hybridized carbons (Fsp3) is 0.267. The van der Waals surface area contributed by atoms with Gasteiger partial charge in [-0.15, -0.1) is 5.10 Å². The standard InChI is InChI=1S/C15H16N4O5/c1-3-24-14(21)10-6-4-5-7-11(10)16-13(20)9-19-8-12(17-18-19)15(22)23-2/h4-8H,3,9H2,1-2H3,(H,16,20). The van der Waals surface area contributed by atoms with Gasteiger partial charge in [0.1, 0.15) is 6.54 Å². The molecule has 0 radical (unpaired) electrons. The van der Waals surface area contributed by atoms with Crippen LogP contribution in [0.4, 0.5) is 5.69 Å². The molecule has 1 heterocycles. The molecule has 0 bridgehead atoms. The topological polar surface area (TPSA) is 112 Å². The normalized spacial score (nSPS) is 10.1. The van der Waals surface area contributed by atoms with E-state index < -0.39 is 17.8 Å². The van der Waals surface area contributed by atoms with E-state index in [0.717, 1.165) is 0 Å². The van der Waals surface area contributed by atoms with Gasteiger partial charge in [-0.25, -0.2) is 14.3 Å². The third kappa shape index (κ3) is 4.15. The molecule has 0 aliphatic heterocycles. The predicted molar refractivity (Wildman–Crippen MR) is 82.4 cm³/mol. The number of amides is 1. The number of esters is 2. The van der Waals surface area contributed by atoms with Gasteiger partial charge >= 0.3 is 11.9 Å². The maximum Gasteiger partial charge on any atom is 0.360 e. The smallest absolute Gasteiger partial charge is 0.360 e. The number of para-hydroxylation sites is 1. The summed E-state index contributed by atoms with van der Waals surface area (Å²) in [5.74, 6) is -1.61. The summed E-state index contributed by atoms with van der Waals surface area (Å²) in [4.78, 5) is 35.3. The monoisotopic (exact) mass is 332 g/mol. The summed E-state index contributed by atoms with van der Waals surface area (Å²) in [5.41, 5.74) is 0.577. The minimum atomic E-state index is -0.644. The van der Waals surface area contributed by atoms with Crippen LogP contribution in [0.3, 0.4) is 0 Å². The van der Waals surface area contributed by atoms with E-state index >= 15 is 0 Å². The third-order valence-corrected chi connectivity index (χ3v) is 2.94. The average Bonchev–Trinajstić information content (AvgIpc) is 3.03. The molecular formula is C15H16N4O5. The van der Waals surface area contributed by atoms with Gasteiger partial charge in [-0.3, -0.25) is 4.79 Å². The van der Waals surface area contributed by atoms with E-state index in [1.54, 1.807) is 31.2 Å². The first-order valence-electron chi connectivity index (χ1n) is 7.09. The van der Waals surface area contributed by atoms with Gasteiger partial charge in [0, 0.05) is 0 Å². The minimum absolute atomic E-state index is 0.00257. The molecular weight excluding hydrogens is 316 g/mol. The second kappa shape index (κ2) is 7.86. The lowest BCUT2D eigenvalue weighted by molar-refractivity contribution is -0.116. The molecule has 2 aromatic rings. The second-order valence-corrected chi connectivity index (χ2v) is 4.61. The van der Waals surface area contributed by atoms with Crippen LogP contribution in [0.25, 0.3) is 0 Å². The zero-order valence-electron chi connectivity index (χ0n) is 13.2. The molecule has 0 saturated carbocycles. The summed E-state index contributed by atoms with van der Waals surface area (Å²) in [7, 11) is 1.22. The summed E-state index contributed by atoms with van der Waals surface area (Å²) in [6.45, 7) is 1.75. The highest BCUT2D eigenvalue weighted by Gasteiger charge is 2.16. The van der Waals surface area contributed by atoms with E-state index in [2.05, 4.69) is 20.4 Å². The Morgan fingerprint density at radius 1 is 1.21 bits per heavy atom. The Balaban J connectivity index is 2.06. The second-order valence-electron chi connectivity index (χ2n) is 4.61. The number of rotatable bonds is 6. The molecule has 126 valence electrons. The Labute approximate surface area is 137 Å². The van der Waals surface area contributed by atoms with Crippen molar-refractivity contribution in [2.24, 2.45) is 0 Å². The lowest BCUT2D eigenvalue weighted by Gasteiger charge is -2.10. The van der Waals surface area contributed by atoms with Crippen LogP contribution in [0.5, 0.6) is 0 Å². The van der Waals surface area contributed by atoms with Crippen LogP contribution in [0.15, 0.2) is 30.5 Å². The first kappa shape index (κ1) is 17.1. The van der Waals surface area contributed by atoms with Crippen molar-refractivity contribution >= 4 is 23.5 Å². The van der Waals surface area contributed by atoms with Gasteiger partial charge in [0.25, 0.3) is 0 Å². The van der Waals surface area contributed by atoms with Crippen LogP contribution in [-0.2, 0) is 20.8 Å². The molecule has 1 aromatic carbocycles. The first-order chi connectivity index (χ1) is 11.5. The number of aromatic nitrogens is 3. The molecule has 1 aromatic heterocycles. The summed E-state index contributed by atoms with van der Waals surface area (Å²) in [6, 6.07) is 6.49. The van der Waals surface area contributed by atoms with E-state index in [4.69, 9.17) is 4.74 Å². The predicted octanol–water partition coefficient (Wildman–Crippen LogP) is 0.880. The number of hydrogen-bond acceptors (Lipinski definition) is 7. The fourth-order valence-corrected chi connectivity index (χ4v) is 1.89.